The number of carboxylic acids is 2. The first-order valence-electron chi connectivity index (χ1n) is 3.81. The van der Waals surface area contributed by atoms with Crippen LogP contribution in [0.3, 0.4) is 0 Å². The summed E-state index contributed by atoms with van der Waals surface area (Å²) in [6, 6.07) is 2.62. The van der Waals surface area contributed by atoms with Crippen LogP contribution in [-0.2, 0) is 0 Å². The Kier molecular flexibility index (Phi) is 3.31. The van der Waals surface area contributed by atoms with E-state index in [0.717, 1.165) is 0 Å². The normalized spacial score (nSPS) is 9.73. The van der Waals surface area contributed by atoms with Gasteiger partial charge in [0.25, 0.3) is 0 Å². The highest BCUT2D eigenvalue weighted by molar-refractivity contribution is 9.10. The Balaban J connectivity index is 3.54. The van der Waals surface area contributed by atoms with Crippen LogP contribution in [0.15, 0.2) is 16.6 Å². The van der Waals surface area contributed by atoms with Crippen molar-refractivity contribution in [1.29, 1.82) is 0 Å². The van der Waals surface area contributed by atoms with Gasteiger partial charge in [-0.1, -0.05) is 15.9 Å². The zero-order valence-corrected chi connectivity index (χ0v) is 9.24. The number of methoxy groups -OCH3 is 1. The van der Waals surface area contributed by atoms with Crippen molar-refractivity contribution in [2.24, 2.45) is 0 Å². The number of carbonyl (C=O) groups is 2. The van der Waals surface area contributed by atoms with Gasteiger partial charge in [-0.2, -0.15) is 0 Å². The summed E-state index contributed by atoms with van der Waals surface area (Å²) in [7, 11) is 1.28. The molecular formula is C9H7BrO5. The van der Waals surface area contributed by atoms with Gasteiger partial charge < -0.3 is 14.9 Å². The first kappa shape index (κ1) is 11.5. The average molecular weight is 275 g/mol. The molecule has 0 heterocycles. The third-order valence-corrected chi connectivity index (χ3v) is 2.19. The molecular weight excluding hydrogens is 268 g/mol. The van der Waals surface area contributed by atoms with Crippen LogP contribution in [0.1, 0.15) is 20.7 Å². The lowest BCUT2D eigenvalue weighted by Crippen LogP contribution is -2.10. The Hall–Kier alpha value is -1.56. The largest absolute Gasteiger partial charge is 0.496 e. The molecule has 0 unspecified atom stereocenters. The van der Waals surface area contributed by atoms with E-state index >= 15 is 0 Å². The maximum absolute atomic E-state index is 10.9. The van der Waals surface area contributed by atoms with E-state index in [-0.39, 0.29) is 16.9 Å². The summed E-state index contributed by atoms with van der Waals surface area (Å²) < 4.78 is 5.25. The van der Waals surface area contributed by atoms with Crippen LogP contribution in [0.25, 0.3) is 0 Å². The number of benzene rings is 1. The lowest BCUT2D eigenvalue weighted by molar-refractivity contribution is 0.0648. The van der Waals surface area contributed by atoms with Gasteiger partial charge in [-0.15, -0.1) is 0 Å². The van der Waals surface area contributed by atoms with Gasteiger partial charge in [-0.25, -0.2) is 9.59 Å². The molecule has 80 valence electrons. The quantitative estimate of drug-likeness (QED) is 0.879. The summed E-state index contributed by atoms with van der Waals surface area (Å²) in [5, 5.41) is 17.7. The topological polar surface area (TPSA) is 83.8 Å². The minimum absolute atomic E-state index is 0.00859. The molecule has 0 bridgehead atoms. The van der Waals surface area contributed by atoms with E-state index in [1.807, 2.05) is 0 Å². The monoisotopic (exact) mass is 274 g/mol. The van der Waals surface area contributed by atoms with Crippen LogP contribution < -0.4 is 4.74 Å². The summed E-state index contributed by atoms with van der Waals surface area (Å²) >= 11 is 3.07. The van der Waals surface area contributed by atoms with Gasteiger partial charge in [-0.05, 0) is 12.1 Å². The van der Waals surface area contributed by atoms with Gasteiger partial charge in [0, 0.05) is 4.47 Å². The molecule has 1 aromatic rings. The molecule has 0 atom stereocenters. The molecule has 0 aliphatic carbocycles. The molecule has 0 aliphatic rings. The van der Waals surface area contributed by atoms with Gasteiger partial charge in [0.05, 0.1) is 12.7 Å². The molecule has 15 heavy (non-hydrogen) atoms. The highest BCUT2D eigenvalue weighted by atomic mass is 79.9. The number of carboxylic acid groups (broad SMARTS) is 2. The zero-order chi connectivity index (χ0) is 11.6. The van der Waals surface area contributed by atoms with Crippen molar-refractivity contribution in [3.05, 3.63) is 27.7 Å². The Labute approximate surface area is 93.4 Å². The van der Waals surface area contributed by atoms with Gasteiger partial charge >= 0.3 is 11.9 Å². The van der Waals surface area contributed by atoms with Crippen molar-refractivity contribution in [3.8, 4) is 5.75 Å². The third-order valence-electron chi connectivity index (χ3n) is 1.73. The van der Waals surface area contributed by atoms with Crippen molar-refractivity contribution in [2.45, 2.75) is 0 Å². The molecule has 2 N–H and O–H groups in total. The smallest absolute Gasteiger partial charge is 0.340 e. The first-order chi connectivity index (χ1) is 6.97. The van der Waals surface area contributed by atoms with Crippen LogP contribution in [0.5, 0.6) is 5.75 Å². The minimum Gasteiger partial charge on any atom is -0.496 e. The number of hydrogen-bond donors (Lipinski definition) is 2. The van der Waals surface area contributed by atoms with Gasteiger partial charge in [0.2, 0.25) is 0 Å². The summed E-state index contributed by atoms with van der Waals surface area (Å²) in [4.78, 5) is 21.7. The van der Waals surface area contributed by atoms with E-state index in [4.69, 9.17) is 14.9 Å². The van der Waals surface area contributed by atoms with Crippen LogP contribution in [0, 0.1) is 0 Å². The molecule has 0 saturated carbocycles. The molecule has 0 fully saturated rings. The fraction of sp³-hybridized carbons (Fsp3) is 0.111. The van der Waals surface area contributed by atoms with Crippen molar-refractivity contribution in [1.82, 2.24) is 0 Å². The van der Waals surface area contributed by atoms with Crippen molar-refractivity contribution < 1.29 is 24.5 Å². The Morgan fingerprint density at radius 3 is 2.27 bits per heavy atom. The van der Waals surface area contributed by atoms with Crippen LogP contribution in [0.2, 0.25) is 0 Å². The molecule has 0 radical (unpaired) electrons. The zero-order valence-electron chi connectivity index (χ0n) is 7.65. The molecule has 6 heteroatoms. The van der Waals surface area contributed by atoms with E-state index in [0.29, 0.717) is 4.47 Å². The second-order valence-corrected chi connectivity index (χ2v) is 3.56. The molecule has 0 amide bonds. The highest BCUT2D eigenvalue weighted by Crippen LogP contribution is 2.27. The second kappa shape index (κ2) is 4.31. The fourth-order valence-electron chi connectivity index (χ4n) is 1.13. The van der Waals surface area contributed by atoms with Crippen LogP contribution in [-0.4, -0.2) is 29.3 Å². The van der Waals surface area contributed by atoms with Crippen molar-refractivity contribution in [3.63, 3.8) is 0 Å². The van der Waals surface area contributed by atoms with Gasteiger partial charge in [0.1, 0.15) is 11.3 Å². The Morgan fingerprint density at radius 2 is 1.87 bits per heavy atom. The van der Waals surface area contributed by atoms with Gasteiger partial charge in [-0.3, -0.25) is 0 Å². The standard InChI is InChI=1S/C9H7BrO5/c1-15-6-3-4(10)2-5(8(11)12)7(6)9(13)14/h2-3H,1H3,(H,11,12)(H,13,14). The van der Waals surface area contributed by atoms with Crippen molar-refractivity contribution in [2.75, 3.05) is 7.11 Å². The summed E-state index contributed by atoms with van der Waals surface area (Å²) in [6.45, 7) is 0. The molecule has 0 saturated heterocycles. The number of aromatic carboxylic acids is 2. The van der Waals surface area contributed by atoms with E-state index < -0.39 is 11.9 Å². The molecule has 1 aromatic carbocycles. The number of ether oxygens (including phenoxy) is 1. The Morgan fingerprint density at radius 1 is 1.27 bits per heavy atom. The summed E-state index contributed by atoms with van der Waals surface area (Å²) in [5.74, 6) is -2.64. The van der Waals surface area contributed by atoms with E-state index in [2.05, 4.69) is 15.9 Å². The first-order valence-corrected chi connectivity index (χ1v) is 4.60. The Bertz CT molecular complexity index is 427. The third kappa shape index (κ3) is 2.27. The average Bonchev–Trinajstić information content (AvgIpc) is 2.15. The predicted molar refractivity (Wildman–Crippen MR) is 54.6 cm³/mol. The molecule has 5 nitrogen and oxygen atoms in total. The van der Waals surface area contributed by atoms with Crippen LogP contribution in [0.4, 0.5) is 0 Å². The maximum Gasteiger partial charge on any atom is 0.340 e. The van der Waals surface area contributed by atoms with Gasteiger partial charge in [0.15, 0.2) is 0 Å². The SMILES string of the molecule is COc1cc(Br)cc(C(=O)O)c1C(=O)O. The lowest BCUT2D eigenvalue weighted by Gasteiger charge is -2.08. The lowest BCUT2D eigenvalue weighted by atomic mass is 10.1. The number of rotatable bonds is 3. The molecule has 0 aliphatic heterocycles. The summed E-state index contributed by atoms with van der Waals surface area (Å²) in [6.07, 6.45) is 0. The van der Waals surface area contributed by atoms with Crippen molar-refractivity contribution >= 4 is 27.9 Å². The highest BCUT2D eigenvalue weighted by Gasteiger charge is 2.21. The number of hydrogen-bond acceptors (Lipinski definition) is 3. The van der Waals surface area contributed by atoms with Crippen LogP contribution >= 0.6 is 15.9 Å². The molecule has 0 spiro atoms. The number of halogens is 1. The van der Waals surface area contributed by atoms with E-state index in [9.17, 15) is 9.59 Å². The molecule has 0 aromatic heterocycles. The van der Waals surface area contributed by atoms with E-state index in [1.54, 1.807) is 0 Å². The van der Waals surface area contributed by atoms with E-state index in [1.165, 1.54) is 19.2 Å². The summed E-state index contributed by atoms with van der Waals surface area (Å²) in [5.41, 5.74) is -0.665. The second-order valence-electron chi connectivity index (χ2n) is 2.64. The molecule has 1 rings (SSSR count). The fourth-order valence-corrected chi connectivity index (χ4v) is 1.57. The maximum atomic E-state index is 10.9. The predicted octanol–water partition coefficient (Wildman–Crippen LogP) is 1.85. The minimum atomic E-state index is -1.34.